The highest BCUT2D eigenvalue weighted by molar-refractivity contribution is 6.35. The van der Waals surface area contributed by atoms with Gasteiger partial charge in [-0.3, -0.25) is 0 Å². The molecule has 0 aliphatic heterocycles. The lowest BCUT2D eigenvalue weighted by atomic mass is 9.89. The van der Waals surface area contributed by atoms with E-state index in [0.29, 0.717) is 12.8 Å². The number of alkyl halides is 4. The van der Waals surface area contributed by atoms with E-state index in [2.05, 4.69) is 0 Å². The Balaban J connectivity index is 2.63. The molecule has 0 radical (unpaired) electrons. The molecule has 0 saturated heterocycles. The first-order valence-electron chi connectivity index (χ1n) is 3.54. The summed E-state index contributed by atoms with van der Waals surface area (Å²) in [7, 11) is 0. The fourth-order valence-corrected chi connectivity index (χ4v) is 2.63. The summed E-state index contributed by atoms with van der Waals surface area (Å²) in [6, 6.07) is 0. The molecule has 4 atom stereocenters. The first-order chi connectivity index (χ1) is 4.93. The molecule has 0 spiro atoms. The van der Waals surface area contributed by atoms with Gasteiger partial charge in [0.2, 0.25) is 0 Å². The minimum absolute atomic E-state index is 0.0361. The van der Waals surface area contributed by atoms with Gasteiger partial charge in [0.1, 0.15) is 0 Å². The molecule has 0 aromatic carbocycles. The lowest BCUT2D eigenvalue weighted by Crippen LogP contribution is -2.42. The zero-order chi connectivity index (χ0) is 8.65. The average molecular weight is 236 g/mol. The second-order valence-corrected chi connectivity index (χ2v) is 5.73. The molecular weight excluding hydrogens is 226 g/mol. The summed E-state index contributed by atoms with van der Waals surface area (Å²) < 4.78 is 0. The van der Waals surface area contributed by atoms with Gasteiger partial charge in [-0.25, -0.2) is 0 Å². The van der Waals surface area contributed by atoms with Gasteiger partial charge in [0.25, 0.3) is 0 Å². The van der Waals surface area contributed by atoms with Gasteiger partial charge in [-0.1, -0.05) is 0 Å². The van der Waals surface area contributed by atoms with Crippen molar-refractivity contribution in [2.75, 3.05) is 0 Å². The SMILES string of the molecule is C[C@@]1(Cl)C[C@H](Cl)[C@H](Cl)C[C@@H]1Cl. The van der Waals surface area contributed by atoms with E-state index in [1.54, 1.807) is 0 Å². The van der Waals surface area contributed by atoms with Crippen molar-refractivity contribution in [1.29, 1.82) is 0 Å². The Morgan fingerprint density at radius 2 is 1.73 bits per heavy atom. The van der Waals surface area contributed by atoms with Gasteiger partial charge in [0.05, 0.1) is 21.0 Å². The Morgan fingerprint density at radius 3 is 2.18 bits per heavy atom. The Kier molecular flexibility index (Phi) is 3.25. The molecule has 0 aromatic heterocycles. The Labute approximate surface area is 87.1 Å². The predicted octanol–water partition coefficient (Wildman–Crippen LogP) is 3.60. The highest BCUT2D eigenvalue weighted by Gasteiger charge is 2.41. The summed E-state index contributed by atoms with van der Waals surface area (Å²) >= 11 is 24.0. The molecule has 11 heavy (non-hydrogen) atoms. The second kappa shape index (κ2) is 3.49. The van der Waals surface area contributed by atoms with E-state index in [4.69, 9.17) is 46.4 Å². The van der Waals surface area contributed by atoms with Gasteiger partial charge >= 0.3 is 0 Å². The summed E-state index contributed by atoms with van der Waals surface area (Å²) in [5, 5.41) is -0.151. The molecular formula is C7H10Cl4. The topological polar surface area (TPSA) is 0 Å². The molecule has 0 unspecified atom stereocenters. The van der Waals surface area contributed by atoms with E-state index in [9.17, 15) is 0 Å². The zero-order valence-corrected chi connectivity index (χ0v) is 9.18. The fraction of sp³-hybridized carbons (Fsp3) is 1.00. The van der Waals surface area contributed by atoms with Crippen LogP contribution in [-0.4, -0.2) is 21.0 Å². The van der Waals surface area contributed by atoms with Crippen LogP contribution in [0.3, 0.4) is 0 Å². The summed E-state index contributed by atoms with van der Waals surface area (Å²) in [4.78, 5) is -0.390. The minimum atomic E-state index is -0.390. The minimum Gasteiger partial charge on any atom is -0.121 e. The van der Waals surface area contributed by atoms with Crippen molar-refractivity contribution in [2.45, 2.75) is 40.8 Å². The highest BCUT2D eigenvalue weighted by Crippen LogP contribution is 2.41. The van der Waals surface area contributed by atoms with Gasteiger partial charge in [-0.2, -0.15) is 0 Å². The van der Waals surface area contributed by atoms with Crippen LogP contribution in [0.5, 0.6) is 0 Å². The molecule has 1 aliphatic carbocycles. The molecule has 0 heterocycles. The maximum atomic E-state index is 6.11. The number of hydrogen-bond acceptors (Lipinski definition) is 0. The zero-order valence-electron chi connectivity index (χ0n) is 6.16. The molecule has 66 valence electrons. The third kappa shape index (κ3) is 2.30. The van der Waals surface area contributed by atoms with E-state index < -0.39 is 0 Å². The van der Waals surface area contributed by atoms with Crippen molar-refractivity contribution < 1.29 is 0 Å². The molecule has 0 nitrogen and oxygen atoms in total. The Hall–Kier alpha value is 1.16. The maximum absolute atomic E-state index is 6.11. The summed E-state index contributed by atoms with van der Waals surface area (Å²) in [6.07, 6.45) is 1.37. The maximum Gasteiger partial charge on any atom is 0.0596 e. The second-order valence-electron chi connectivity index (χ2n) is 3.22. The molecule has 1 rings (SSSR count). The van der Waals surface area contributed by atoms with Crippen LogP contribution in [0.25, 0.3) is 0 Å². The van der Waals surface area contributed by atoms with Gasteiger partial charge in [-0.05, 0) is 19.8 Å². The van der Waals surface area contributed by atoms with Crippen molar-refractivity contribution >= 4 is 46.4 Å². The first-order valence-corrected chi connectivity index (χ1v) is 5.23. The van der Waals surface area contributed by atoms with Crippen LogP contribution in [0, 0.1) is 0 Å². The molecule has 0 amide bonds. The van der Waals surface area contributed by atoms with Crippen LogP contribution >= 0.6 is 46.4 Å². The van der Waals surface area contributed by atoms with Crippen molar-refractivity contribution in [3.8, 4) is 0 Å². The van der Waals surface area contributed by atoms with E-state index in [1.807, 2.05) is 6.92 Å². The van der Waals surface area contributed by atoms with Crippen molar-refractivity contribution in [2.24, 2.45) is 0 Å². The molecule has 1 fully saturated rings. The lowest BCUT2D eigenvalue weighted by molar-refractivity contribution is 0.432. The highest BCUT2D eigenvalue weighted by atomic mass is 35.5. The Bertz CT molecular complexity index is 145. The van der Waals surface area contributed by atoms with E-state index in [0.717, 1.165) is 0 Å². The third-order valence-corrected chi connectivity index (χ3v) is 4.33. The normalized spacial score (nSPS) is 52.6. The average Bonchev–Trinajstić information content (AvgIpc) is 1.83. The molecule has 4 heteroatoms. The van der Waals surface area contributed by atoms with Crippen LogP contribution in [0.4, 0.5) is 0 Å². The van der Waals surface area contributed by atoms with Crippen LogP contribution < -0.4 is 0 Å². The van der Waals surface area contributed by atoms with E-state index >= 15 is 0 Å². The monoisotopic (exact) mass is 234 g/mol. The quantitative estimate of drug-likeness (QED) is 0.563. The first kappa shape index (κ1) is 10.2. The Morgan fingerprint density at radius 1 is 1.18 bits per heavy atom. The molecule has 0 bridgehead atoms. The predicted molar refractivity (Wildman–Crippen MR) is 52.4 cm³/mol. The van der Waals surface area contributed by atoms with Crippen LogP contribution in [0.15, 0.2) is 0 Å². The molecule has 1 aliphatic rings. The van der Waals surface area contributed by atoms with Crippen LogP contribution in [0.1, 0.15) is 19.8 Å². The molecule has 1 saturated carbocycles. The number of halogens is 4. The number of rotatable bonds is 0. The standard InChI is InChI=1S/C7H10Cl4/c1-7(11)3-5(9)4(8)2-6(7)10/h4-6H,2-3H2,1H3/t4-,5+,6+,7-/m1/s1. The van der Waals surface area contributed by atoms with Crippen molar-refractivity contribution in [3.63, 3.8) is 0 Å². The summed E-state index contributed by atoms with van der Waals surface area (Å²) in [5.74, 6) is 0. The third-order valence-electron chi connectivity index (χ3n) is 2.07. The lowest BCUT2D eigenvalue weighted by Gasteiger charge is -2.37. The van der Waals surface area contributed by atoms with Gasteiger partial charge in [0.15, 0.2) is 0 Å². The van der Waals surface area contributed by atoms with Gasteiger partial charge in [-0.15, -0.1) is 46.4 Å². The fourth-order valence-electron chi connectivity index (χ4n) is 1.23. The van der Waals surface area contributed by atoms with Crippen LogP contribution in [0.2, 0.25) is 0 Å². The number of hydrogen-bond donors (Lipinski definition) is 0. The van der Waals surface area contributed by atoms with Crippen molar-refractivity contribution in [1.82, 2.24) is 0 Å². The summed E-state index contributed by atoms with van der Waals surface area (Å²) in [5.41, 5.74) is 0. The molecule has 0 N–H and O–H groups in total. The van der Waals surface area contributed by atoms with Gasteiger partial charge in [0, 0.05) is 0 Å². The van der Waals surface area contributed by atoms with Crippen molar-refractivity contribution in [3.05, 3.63) is 0 Å². The largest absolute Gasteiger partial charge is 0.121 e. The van der Waals surface area contributed by atoms with E-state index in [-0.39, 0.29) is 21.0 Å². The smallest absolute Gasteiger partial charge is 0.0596 e. The summed E-state index contributed by atoms with van der Waals surface area (Å²) in [6.45, 7) is 1.91. The molecule has 0 aromatic rings. The van der Waals surface area contributed by atoms with Crippen LogP contribution in [-0.2, 0) is 0 Å². The van der Waals surface area contributed by atoms with Gasteiger partial charge < -0.3 is 0 Å². The van der Waals surface area contributed by atoms with E-state index in [1.165, 1.54) is 0 Å².